The normalized spacial score (nSPS) is 15.6. The van der Waals surface area contributed by atoms with Gasteiger partial charge in [-0.15, -0.1) is 0 Å². The lowest BCUT2D eigenvalue weighted by molar-refractivity contribution is 0.472. The van der Waals surface area contributed by atoms with Gasteiger partial charge in [-0.3, -0.25) is 4.99 Å². The number of aliphatic imine (C=N–C) groups is 1. The molecule has 1 saturated carbocycles. The van der Waals surface area contributed by atoms with E-state index in [4.69, 9.17) is 0 Å². The van der Waals surface area contributed by atoms with Crippen LogP contribution in [0.3, 0.4) is 0 Å². The third-order valence-corrected chi connectivity index (χ3v) is 3.13. The molecule has 0 heterocycles. The quantitative estimate of drug-likeness (QED) is 0.654. The van der Waals surface area contributed by atoms with Gasteiger partial charge in [0.2, 0.25) is 0 Å². The molecule has 1 aliphatic rings. The third kappa shape index (κ3) is 3.72. The van der Waals surface area contributed by atoms with Gasteiger partial charge in [-0.25, -0.2) is 4.39 Å². The van der Waals surface area contributed by atoms with Crippen LogP contribution in [0.4, 0.5) is 4.39 Å². The molecule has 0 aliphatic heterocycles. The zero-order valence-electron chi connectivity index (χ0n) is 11.0. The first-order valence-corrected chi connectivity index (χ1v) is 6.35. The van der Waals surface area contributed by atoms with Gasteiger partial charge in [0.1, 0.15) is 5.82 Å². The molecule has 3 nitrogen and oxygen atoms in total. The zero-order valence-corrected chi connectivity index (χ0v) is 11.0. The van der Waals surface area contributed by atoms with E-state index < -0.39 is 0 Å². The van der Waals surface area contributed by atoms with Crippen molar-refractivity contribution in [3.05, 3.63) is 35.6 Å². The Morgan fingerprint density at radius 3 is 2.89 bits per heavy atom. The Bertz CT molecular complexity index is 427. The van der Waals surface area contributed by atoms with Crippen LogP contribution in [0.1, 0.15) is 18.4 Å². The fourth-order valence-corrected chi connectivity index (χ4v) is 1.93. The molecule has 1 fully saturated rings. The number of hydrogen-bond donors (Lipinski definition) is 1. The van der Waals surface area contributed by atoms with Crippen molar-refractivity contribution in [3.63, 3.8) is 0 Å². The number of hydrogen-bond acceptors (Lipinski definition) is 1. The van der Waals surface area contributed by atoms with Gasteiger partial charge in [-0.2, -0.15) is 0 Å². The Labute approximate surface area is 108 Å². The number of rotatable bonds is 4. The summed E-state index contributed by atoms with van der Waals surface area (Å²) in [5, 5.41) is 3.35. The standard InChI is InChI=1S/C14H20FN3/c1-16-14(17-9-11-6-7-11)18(2)10-12-4-3-5-13(15)8-12/h3-5,8,11H,6-7,9-10H2,1-2H3,(H,16,17). The molecule has 0 amide bonds. The Hall–Kier alpha value is -1.58. The second-order valence-electron chi connectivity index (χ2n) is 4.86. The second-order valence-corrected chi connectivity index (χ2v) is 4.86. The molecule has 0 radical (unpaired) electrons. The van der Waals surface area contributed by atoms with Crippen LogP contribution in [0.2, 0.25) is 0 Å². The molecule has 0 atom stereocenters. The molecule has 1 N–H and O–H groups in total. The fourth-order valence-electron chi connectivity index (χ4n) is 1.93. The van der Waals surface area contributed by atoms with E-state index in [1.807, 2.05) is 18.0 Å². The van der Waals surface area contributed by atoms with E-state index >= 15 is 0 Å². The lowest BCUT2D eigenvalue weighted by atomic mass is 10.2. The van der Waals surface area contributed by atoms with Gasteiger partial charge in [-0.1, -0.05) is 12.1 Å². The maximum atomic E-state index is 13.1. The summed E-state index contributed by atoms with van der Waals surface area (Å²) in [6.45, 7) is 1.64. The number of nitrogens with one attached hydrogen (secondary N) is 1. The monoisotopic (exact) mass is 249 g/mol. The van der Waals surface area contributed by atoms with Crippen LogP contribution in [0.25, 0.3) is 0 Å². The molecule has 0 saturated heterocycles. The average molecular weight is 249 g/mol. The number of benzene rings is 1. The van der Waals surface area contributed by atoms with Crippen molar-refractivity contribution in [1.82, 2.24) is 10.2 Å². The molecule has 18 heavy (non-hydrogen) atoms. The van der Waals surface area contributed by atoms with Gasteiger partial charge in [0, 0.05) is 27.2 Å². The van der Waals surface area contributed by atoms with E-state index in [-0.39, 0.29) is 5.82 Å². The van der Waals surface area contributed by atoms with E-state index in [0.29, 0.717) is 6.54 Å². The Balaban J connectivity index is 1.90. The summed E-state index contributed by atoms with van der Waals surface area (Å²) in [5.41, 5.74) is 0.951. The van der Waals surface area contributed by atoms with Crippen molar-refractivity contribution in [2.75, 3.05) is 20.6 Å². The van der Waals surface area contributed by atoms with E-state index in [2.05, 4.69) is 10.3 Å². The molecule has 1 aromatic carbocycles. The lowest BCUT2D eigenvalue weighted by Crippen LogP contribution is -2.39. The van der Waals surface area contributed by atoms with Gasteiger partial charge in [0.15, 0.2) is 5.96 Å². The smallest absolute Gasteiger partial charge is 0.193 e. The summed E-state index contributed by atoms with van der Waals surface area (Å²) in [5.74, 6) is 1.48. The first kappa shape index (κ1) is 12.9. The van der Waals surface area contributed by atoms with Gasteiger partial charge >= 0.3 is 0 Å². The van der Waals surface area contributed by atoms with Crippen molar-refractivity contribution in [1.29, 1.82) is 0 Å². The Morgan fingerprint density at radius 2 is 2.28 bits per heavy atom. The number of nitrogens with zero attached hydrogens (tertiary/aromatic N) is 2. The molecule has 1 aromatic rings. The summed E-state index contributed by atoms with van der Waals surface area (Å²) in [7, 11) is 3.74. The van der Waals surface area contributed by atoms with Crippen LogP contribution in [0, 0.1) is 11.7 Å². The molecule has 0 aromatic heterocycles. The summed E-state index contributed by atoms with van der Waals surface area (Å²) in [6.07, 6.45) is 2.63. The van der Waals surface area contributed by atoms with E-state index in [9.17, 15) is 4.39 Å². The predicted octanol–water partition coefficient (Wildman–Crippen LogP) is 2.24. The molecular weight excluding hydrogens is 229 g/mol. The molecule has 2 rings (SSSR count). The van der Waals surface area contributed by atoms with Crippen LogP contribution >= 0.6 is 0 Å². The predicted molar refractivity (Wildman–Crippen MR) is 72.0 cm³/mol. The van der Waals surface area contributed by atoms with Crippen molar-refractivity contribution in [2.45, 2.75) is 19.4 Å². The summed E-state index contributed by atoms with van der Waals surface area (Å²) >= 11 is 0. The largest absolute Gasteiger partial charge is 0.356 e. The van der Waals surface area contributed by atoms with Gasteiger partial charge in [0.25, 0.3) is 0 Å². The maximum absolute atomic E-state index is 13.1. The van der Waals surface area contributed by atoms with Crippen molar-refractivity contribution < 1.29 is 4.39 Å². The van der Waals surface area contributed by atoms with Gasteiger partial charge < -0.3 is 10.2 Å². The second kappa shape index (κ2) is 5.85. The van der Waals surface area contributed by atoms with Crippen LogP contribution < -0.4 is 5.32 Å². The summed E-state index contributed by atoms with van der Waals surface area (Å²) < 4.78 is 13.1. The third-order valence-electron chi connectivity index (χ3n) is 3.13. The molecule has 1 aliphatic carbocycles. The average Bonchev–Trinajstić information content (AvgIpc) is 3.14. The highest BCUT2D eigenvalue weighted by atomic mass is 19.1. The molecular formula is C14H20FN3. The first-order chi connectivity index (χ1) is 8.69. The van der Waals surface area contributed by atoms with E-state index in [1.54, 1.807) is 19.2 Å². The summed E-state index contributed by atoms with van der Waals surface area (Å²) in [4.78, 5) is 6.26. The fraction of sp³-hybridized carbons (Fsp3) is 0.500. The minimum atomic E-state index is -0.193. The van der Waals surface area contributed by atoms with Gasteiger partial charge in [0.05, 0.1) is 0 Å². The zero-order chi connectivity index (χ0) is 13.0. The minimum Gasteiger partial charge on any atom is -0.356 e. The molecule has 0 unspecified atom stereocenters. The number of halogens is 1. The van der Waals surface area contributed by atoms with Crippen LogP contribution in [-0.4, -0.2) is 31.5 Å². The highest BCUT2D eigenvalue weighted by molar-refractivity contribution is 5.79. The first-order valence-electron chi connectivity index (χ1n) is 6.35. The topological polar surface area (TPSA) is 27.6 Å². The number of guanidine groups is 1. The maximum Gasteiger partial charge on any atom is 0.193 e. The van der Waals surface area contributed by atoms with Crippen LogP contribution in [0.15, 0.2) is 29.3 Å². The summed E-state index contributed by atoms with van der Waals surface area (Å²) in [6, 6.07) is 6.68. The van der Waals surface area contributed by atoms with Gasteiger partial charge in [-0.05, 0) is 36.5 Å². The molecule has 0 spiro atoms. The lowest BCUT2D eigenvalue weighted by Gasteiger charge is -2.22. The van der Waals surface area contributed by atoms with E-state index in [1.165, 1.54) is 18.9 Å². The highest BCUT2D eigenvalue weighted by Gasteiger charge is 2.21. The van der Waals surface area contributed by atoms with Crippen molar-refractivity contribution in [3.8, 4) is 0 Å². The van der Waals surface area contributed by atoms with Crippen LogP contribution in [-0.2, 0) is 6.54 Å². The van der Waals surface area contributed by atoms with Crippen molar-refractivity contribution in [2.24, 2.45) is 10.9 Å². The van der Waals surface area contributed by atoms with E-state index in [0.717, 1.165) is 24.0 Å². The molecule has 4 heteroatoms. The SMILES string of the molecule is CN=C(NCC1CC1)N(C)Cc1cccc(F)c1. The molecule has 0 bridgehead atoms. The molecule has 98 valence electrons. The van der Waals surface area contributed by atoms with Crippen molar-refractivity contribution >= 4 is 5.96 Å². The Kier molecular flexibility index (Phi) is 4.18. The highest BCUT2D eigenvalue weighted by Crippen LogP contribution is 2.27. The minimum absolute atomic E-state index is 0.193. The Morgan fingerprint density at radius 1 is 1.50 bits per heavy atom. The van der Waals surface area contributed by atoms with Crippen LogP contribution in [0.5, 0.6) is 0 Å².